The van der Waals surface area contributed by atoms with Crippen molar-refractivity contribution in [1.82, 2.24) is 9.80 Å². The van der Waals surface area contributed by atoms with Gasteiger partial charge in [-0.05, 0) is 57.9 Å². The molecule has 0 bridgehead atoms. The van der Waals surface area contributed by atoms with Crippen molar-refractivity contribution in [2.45, 2.75) is 65.4 Å². The van der Waals surface area contributed by atoms with Crippen molar-refractivity contribution >= 4 is 0 Å². The molecule has 0 heterocycles. The molecule has 0 aromatic rings. The Balaban J connectivity index is 2.30. The van der Waals surface area contributed by atoms with Crippen LogP contribution >= 0.6 is 0 Å². The first-order valence-electron chi connectivity index (χ1n) is 8.83. The topological polar surface area (TPSA) is 26.7 Å². The van der Waals surface area contributed by atoms with Crippen molar-refractivity contribution in [2.75, 3.05) is 39.3 Å². The lowest BCUT2D eigenvalue weighted by molar-refractivity contribution is 0.0735. The normalized spacial score (nSPS) is 24.3. The first kappa shape index (κ1) is 17.9. The van der Waals surface area contributed by atoms with E-state index in [1.54, 1.807) is 0 Å². The Morgan fingerprint density at radius 2 is 1.45 bits per heavy atom. The Labute approximate surface area is 126 Å². The Hall–Kier alpha value is -0.120. The van der Waals surface area contributed by atoms with E-state index < -0.39 is 0 Å². The average molecular weight is 284 g/mol. The molecule has 0 radical (unpaired) electrons. The van der Waals surface area contributed by atoms with Crippen molar-refractivity contribution in [2.24, 2.45) is 5.92 Å². The highest BCUT2D eigenvalue weighted by Crippen LogP contribution is 2.24. The molecular formula is C17H36N2O. The van der Waals surface area contributed by atoms with Gasteiger partial charge in [-0.3, -0.25) is 0 Å². The Morgan fingerprint density at radius 3 is 2.10 bits per heavy atom. The summed E-state index contributed by atoms with van der Waals surface area (Å²) in [6.45, 7) is 13.6. The monoisotopic (exact) mass is 284 g/mol. The summed E-state index contributed by atoms with van der Waals surface area (Å²) in [5.74, 6) is 0.505. The third kappa shape index (κ3) is 6.55. The molecule has 0 aromatic carbocycles. The molecule has 1 saturated carbocycles. The second kappa shape index (κ2) is 10.6. The van der Waals surface area contributed by atoms with Gasteiger partial charge in [0.1, 0.15) is 0 Å². The maximum absolute atomic E-state index is 10.2. The number of nitrogens with zero attached hydrogens (tertiary/aromatic N) is 2. The van der Waals surface area contributed by atoms with Crippen molar-refractivity contribution in [3.63, 3.8) is 0 Å². The molecule has 0 amide bonds. The smallest absolute Gasteiger partial charge is 0.0580 e. The molecule has 20 heavy (non-hydrogen) atoms. The number of hydrogen-bond acceptors (Lipinski definition) is 3. The molecular weight excluding hydrogens is 248 g/mol. The second-order valence-electron chi connectivity index (χ2n) is 6.24. The molecule has 3 heteroatoms. The first-order valence-corrected chi connectivity index (χ1v) is 8.83. The van der Waals surface area contributed by atoms with E-state index in [4.69, 9.17) is 0 Å². The fraction of sp³-hybridized carbons (Fsp3) is 1.00. The zero-order valence-electron chi connectivity index (χ0n) is 14.0. The van der Waals surface area contributed by atoms with E-state index in [1.807, 2.05) is 0 Å². The van der Waals surface area contributed by atoms with Gasteiger partial charge in [0.15, 0.2) is 0 Å². The third-order valence-corrected chi connectivity index (χ3v) is 4.90. The number of aliphatic hydroxyl groups excluding tert-OH is 1. The molecule has 1 fully saturated rings. The molecule has 1 aliphatic rings. The fourth-order valence-corrected chi connectivity index (χ4v) is 3.35. The van der Waals surface area contributed by atoms with Crippen LogP contribution in [0.5, 0.6) is 0 Å². The molecule has 3 nitrogen and oxygen atoms in total. The van der Waals surface area contributed by atoms with Gasteiger partial charge in [0.05, 0.1) is 6.10 Å². The Morgan fingerprint density at radius 1 is 0.850 bits per heavy atom. The summed E-state index contributed by atoms with van der Waals surface area (Å²) >= 11 is 0. The van der Waals surface area contributed by atoms with Gasteiger partial charge in [-0.25, -0.2) is 0 Å². The van der Waals surface area contributed by atoms with Crippen molar-refractivity contribution in [1.29, 1.82) is 0 Å². The highest BCUT2D eigenvalue weighted by molar-refractivity contribution is 4.76. The molecule has 0 saturated heterocycles. The summed E-state index contributed by atoms with van der Waals surface area (Å²) < 4.78 is 0. The molecule has 120 valence electrons. The van der Waals surface area contributed by atoms with Gasteiger partial charge in [0.25, 0.3) is 0 Å². The van der Waals surface area contributed by atoms with E-state index in [-0.39, 0.29) is 6.10 Å². The van der Waals surface area contributed by atoms with Gasteiger partial charge in [0.2, 0.25) is 0 Å². The molecule has 2 unspecified atom stereocenters. The fourth-order valence-electron chi connectivity index (χ4n) is 3.35. The van der Waals surface area contributed by atoms with E-state index in [9.17, 15) is 5.11 Å². The molecule has 0 spiro atoms. The SMILES string of the molecule is CCN(CC)CCCN(CC)CC1CCCCCC1O. The zero-order chi connectivity index (χ0) is 14.8. The van der Waals surface area contributed by atoms with Crippen LogP contribution in [0.4, 0.5) is 0 Å². The van der Waals surface area contributed by atoms with Gasteiger partial charge >= 0.3 is 0 Å². The summed E-state index contributed by atoms with van der Waals surface area (Å²) in [6, 6.07) is 0. The lowest BCUT2D eigenvalue weighted by Gasteiger charge is -2.29. The Bertz CT molecular complexity index is 231. The van der Waals surface area contributed by atoms with Crippen LogP contribution in [0.2, 0.25) is 0 Å². The molecule has 0 aromatic heterocycles. The number of rotatable bonds is 9. The van der Waals surface area contributed by atoms with E-state index in [0.717, 1.165) is 32.6 Å². The van der Waals surface area contributed by atoms with E-state index in [1.165, 1.54) is 45.2 Å². The van der Waals surface area contributed by atoms with E-state index >= 15 is 0 Å². The minimum Gasteiger partial charge on any atom is -0.393 e. The summed E-state index contributed by atoms with van der Waals surface area (Å²) in [7, 11) is 0. The maximum Gasteiger partial charge on any atom is 0.0580 e. The lowest BCUT2D eigenvalue weighted by Crippen LogP contribution is -2.36. The van der Waals surface area contributed by atoms with E-state index in [2.05, 4.69) is 30.6 Å². The van der Waals surface area contributed by atoms with Gasteiger partial charge in [-0.15, -0.1) is 0 Å². The minimum absolute atomic E-state index is 0.0608. The summed E-state index contributed by atoms with van der Waals surface area (Å²) in [4.78, 5) is 5.04. The van der Waals surface area contributed by atoms with Gasteiger partial charge < -0.3 is 14.9 Å². The Kier molecular flexibility index (Phi) is 9.49. The van der Waals surface area contributed by atoms with Crippen LogP contribution in [-0.4, -0.2) is 60.3 Å². The predicted molar refractivity (Wildman–Crippen MR) is 87.1 cm³/mol. The highest BCUT2D eigenvalue weighted by Gasteiger charge is 2.23. The largest absolute Gasteiger partial charge is 0.393 e. The van der Waals surface area contributed by atoms with Crippen molar-refractivity contribution in [3.05, 3.63) is 0 Å². The van der Waals surface area contributed by atoms with Crippen molar-refractivity contribution < 1.29 is 5.11 Å². The zero-order valence-corrected chi connectivity index (χ0v) is 14.0. The van der Waals surface area contributed by atoms with Gasteiger partial charge in [-0.1, -0.05) is 40.0 Å². The molecule has 1 aliphatic carbocycles. The van der Waals surface area contributed by atoms with E-state index in [0.29, 0.717) is 5.92 Å². The van der Waals surface area contributed by atoms with Crippen LogP contribution in [0.1, 0.15) is 59.3 Å². The van der Waals surface area contributed by atoms with Crippen LogP contribution in [0, 0.1) is 5.92 Å². The highest BCUT2D eigenvalue weighted by atomic mass is 16.3. The first-order chi connectivity index (χ1) is 9.71. The minimum atomic E-state index is -0.0608. The quantitative estimate of drug-likeness (QED) is 0.659. The van der Waals surface area contributed by atoms with Crippen LogP contribution < -0.4 is 0 Å². The summed E-state index contributed by atoms with van der Waals surface area (Å²) in [6.07, 6.45) is 7.24. The maximum atomic E-state index is 10.2. The van der Waals surface area contributed by atoms with Crippen LogP contribution in [-0.2, 0) is 0 Å². The lowest BCUT2D eigenvalue weighted by atomic mass is 9.96. The summed E-state index contributed by atoms with van der Waals surface area (Å²) in [5.41, 5.74) is 0. The van der Waals surface area contributed by atoms with Gasteiger partial charge in [0, 0.05) is 6.54 Å². The molecule has 1 rings (SSSR count). The average Bonchev–Trinajstić information content (AvgIpc) is 2.67. The number of hydrogen-bond donors (Lipinski definition) is 1. The predicted octanol–water partition coefficient (Wildman–Crippen LogP) is 2.98. The molecule has 1 N–H and O–H groups in total. The second-order valence-corrected chi connectivity index (χ2v) is 6.24. The van der Waals surface area contributed by atoms with Crippen molar-refractivity contribution in [3.8, 4) is 0 Å². The third-order valence-electron chi connectivity index (χ3n) is 4.90. The number of aliphatic hydroxyl groups is 1. The van der Waals surface area contributed by atoms with Crippen LogP contribution in [0.25, 0.3) is 0 Å². The van der Waals surface area contributed by atoms with Crippen LogP contribution in [0.15, 0.2) is 0 Å². The molecule has 2 atom stereocenters. The standard InChI is InChI=1S/C17H36N2O/c1-4-18(5-2)13-10-14-19(6-3)15-16-11-8-7-9-12-17(16)20/h16-17,20H,4-15H2,1-3H3. The summed E-state index contributed by atoms with van der Waals surface area (Å²) in [5, 5.41) is 10.2. The molecule has 0 aliphatic heterocycles. The van der Waals surface area contributed by atoms with Gasteiger partial charge in [-0.2, -0.15) is 0 Å². The van der Waals surface area contributed by atoms with Crippen LogP contribution in [0.3, 0.4) is 0 Å².